The molecule has 184 valence electrons. The highest BCUT2D eigenvalue weighted by Crippen LogP contribution is 2.29. The van der Waals surface area contributed by atoms with E-state index in [0.717, 1.165) is 0 Å². The van der Waals surface area contributed by atoms with Crippen LogP contribution in [-0.2, 0) is 0 Å². The normalized spacial score (nSPS) is 10.6. The van der Waals surface area contributed by atoms with Gasteiger partial charge in [0.05, 0.1) is 12.8 Å². The second-order valence-corrected chi connectivity index (χ2v) is 7.88. The molecule has 0 aliphatic rings. The highest BCUT2D eigenvalue weighted by molar-refractivity contribution is 6.06. The van der Waals surface area contributed by atoms with E-state index in [2.05, 4.69) is 31.1 Å². The van der Waals surface area contributed by atoms with Crippen LogP contribution in [0.25, 0.3) is 16.9 Å². The second-order valence-electron chi connectivity index (χ2n) is 7.88. The summed E-state index contributed by atoms with van der Waals surface area (Å²) in [7, 11) is 3.07. The number of imidazole rings is 1. The van der Waals surface area contributed by atoms with Crippen molar-refractivity contribution in [1.82, 2.24) is 29.9 Å². The van der Waals surface area contributed by atoms with Gasteiger partial charge in [-0.05, 0) is 36.4 Å². The van der Waals surface area contributed by atoms with E-state index in [4.69, 9.17) is 9.72 Å². The minimum absolute atomic E-state index is 0.266. The molecule has 11 heteroatoms. The topological polar surface area (TPSA) is 135 Å². The summed E-state index contributed by atoms with van der Waals surface area (Å²) >= 11 is 0. The Kier molecular flexibility index (Phi) is 6.41. The first-order valence-electron chi connectivity index (χ1n) is 11.3. The third-order valence-corrected chi connectivity index (χ3v) is 5.53. The van der Waals surface area contributed by atoms with E-state index < -0.39 is 0 Å². The first-order valence-corrected chi connectivity index (χ1v) is 11.3. The van der Waals surface area contributed by atoms with Crippen LogP contribution in [0.15, 0.2) is 79.3 Å². The van der Waals surface area contributed by atoms with Crippen molar-refractivity contribution in [2.75, 3.05) is 24.8 Å². The minimum Gasteiger partial charge on any atom is -0.480 e. The zero-order chi connectivity index (χ0) is 25.8. The van der Waals surface area contributed by atoms with Crippen LogP contribution in [-0.4, -0.2) is 50.5 Å². The first-order chi connectivity index (χ1) is 18.1. The largest absolute Gasteiger partial charge is 0.480 e. The van der Waals surface area contributed by atoms with Gasteiger partial charge < -0.3 is 25.1 Å². The average molecular weight is 495 g/mol. The molecule has 0 aliphatic carbocycles. The third-order valence-electron chi connectivity index (χ3n) is 5.53. The highest BCUT2D eigenvalue weighted by Gasteiger charge is 2.18. The molecule has 0 saturated heterocycles. The SMILES string of the molecule is CNC(=O)c1ccc(NC(=O)c2ccccc2)cc1-c1cn2ccnc2c(Nc2ccc(OC)nn2)n1. The number of anilines is 3. The van der Waals surface area contributed by atoms with E-state index in [0.29, 0.717) is 51.2 Å². The number of fused-ring (bicyclic) bond motifs is 1. The zero-order valence-corrected chi connectivity index (χ0v) is 20.0. The molecule has 0 atom stereocenters. The van der Waals surface area contributed by atoms with Crippen molar-refractivity contribution in [2.24, 2.45) is 0 Å². The molecule has 3 heterocycles. The molecule has 0 saturated carbocycles. The number of nitrogens with one attached hydrogen (secondary N) is 3. The Morgan fingerprint density at radius 3 is 2.54 bits per heavy atom. The molecule has 0 unspecified atom stereocenters. The summed E-state index contributed by atoms with van der Waals surface area (Å²) in [5, 5.41) is 16.7. The van der Waals surface area contributed by atoms with Gasteiger partial charge in [-0.25, -0.2) is 9.97 Å². The van der Waals surface area contributed by atoms with Crippen molar-refractivity contribution < 1.29 is 14.3 Å². The number of hydrogen-bond acceptors (Lipinski definition) is 8. The van der Waals surface area contributed by atoms with E-state index in [9.17, 15) is 9.59 Å². The summed E-state index contributed by atoms with van der Waals surface area (Å²) < 4.78 is 6.85. The van der Waals surface area contributed by atoms with Gasteiger partial charge in [0, 0.05) is 54.1 Å². The van der Waals surface area contributed by atoms with E-state index in [1.54, 1.807) is 84.6 Å². The maximum Gasteiger partial charge on any atom is 0.255 e. The van der Waals surface area contributed by atoms with E-state index in [1.165, 1.54) is 7.11 Å². The van der Waals surface area contributed by atoms with Crippen molar-refractivity contribution in [2.45, 2.75) is 0 Å². The summed E-state index contributed by atoms with van der Waals surface area (Å²) in [6.45, 7) is 0. The standard InChI is InChI=1S/C26H22N8O3/c1-27-26(36)18-9-8-17(29-25(35)16-6-4-3-5-7-16)14-19(18)20-15-34-13-12-28-24(34)23(30-20)31-21-10-11-22(37-2)33-32-21/h3-15H,1-2H3,(H,27,36)(H,29,35)(H,30,31,32). The van der Waals surface area contributed by atoms with Crippen LogP contribution in [0.1, 0.15) is 20.7 Å². The Hall–Kier alpha value is -5.32. The molecule has 5 rings (SSSR count). The Morgan fingerprint density at radius 2 is 1.81 bits per heavy atom. The number of rotatable bonds is 7. The molecule has 0 bridgehead atoms. The second kappa shape index (κ2) is 10.1. The van der Waals surface area contributed by atoms with Crippen LogP contribution in [0.3, 0.4) is 0 Å². The fourth-order valence-electron chi connectivity index (χ4n) is 3.72. The van der Waals surface area contributed by atoms with Crippen molar-refractivity contribution in [1.29, 1.82) is 0 Å². The predicted molar refractivity (Wildman–Crippen MR) is 138 cm³/mol. The van der Waals surface area contributed by atoms with Gasteiger partial charge in [0.15, 0.2) is 17.3 Å². The summed E-state index contributed by atoms with van der Waals surface area (Å²) in [5.41, 5.74) is 2.97. The molecule has 3 aromatic heterocycles. The van der Waals surface area contributed by atoms with Gasteiger partial charge in [0.1, 0.15) is 0 Å². The van der Waals surface area contributed by atoms with Gasteiger partial charge in [0.25, 0.3) is 11.8 Å². The fraction of sp³-hybridized carbons (Fsp3) is 0.0769. The third kappa shape index (κ3) is 4.91. The lowest BCUT2D eigenvalue weighted by molar-refractivity contribution is 0.0963. The van der Waals surface area contributed by atoms with E-state index in [-0.39, 0.29) is 11.8 Å². The number of methoxy groups -OCH3 is 1. The van der Waals surface area contributed by atoms with E-state index in [1.807, 2.05) is 6.07 Å². The molecule has 2 aromatic carbocycles. The Labute approximate surface area is 211 Å². The van der Waals surface area contributed by atoms with Crippen LogP contribution in [0.2, 0.25) is 0 Å². The molecule has 2 amide bonds. The molecule has 37 heavy (non-hydrogen) atoms. The number of amides is 2. The maximum absolute atomic E-state index is 12.7. The van der Waals surface area contributed by atoms with E-state index >= 15 is 0 Å². The number of nitrogens with zero attached hydrogens (tertiary/aromatic N) is 5. The maximum atomic E-state index is 12.7. The van der Waals surface area contributed by atoms with Gasteiger partial charge in [-0.15, -0.1) is 10.2 Å². The van der Waals surface area contributed by atoms with Crippen LogP contribution in [0.4, 0.5) is 17.3 Å². The molecule has 5 aromatic rings. The van der Waals surface area contributed by atoms with Gasteiger partial charge >= 0.3 is 0 Å². The van der Waals surface area contributed by atoms with Crippen molar-refractivity contribution in [3.05, 3.63) is 90.4 Å². The Morgan fingerprint density at radius 1 is 0.973 bits per heavy atom. The number of carbonyl (C=O) groups is 2. The molecular weight excluding hydrogens is 472 g/mol. The van der Waals surface area contributed by atoms with Crippen molar-refractivity contribution in [3.8, 4) is 17.1 Å². The molecule has 0 spiro atoms. The monoisotopic (exact) mass is 494 g/mol. The van der Waals surface area contributed by atoms with Gasteiger partial charge in [-0.3, -0.25) is 9.59 Å². The summed E-state index contributed by atoms with van der Waals surface area (Å²) in [5.74, 6) is 0.661. The fourth-order valence-corrected chi connectivity index (χ4v) is 3.72. The molecule has 0 aliphatic heterocycles. The Balaban J connectivity index is 1.57. The number of ether oxygens (including phenoxy) is 1. The van der Waals surface area contributed by atoms with Crippen LogP contribution < -0.4 is 20.7 Å². The molecule has 11 nitrogen and oxygen atoms in total. The highest BCUT2D eigenvalue weighted by atomic mass is 16.5. The quantitative estimate of drug-likeness (QED) is 0.313. The molecule has 0 radical (unpaired) electrons. The smallest absolute Gasteiger partial charge is 0.255 e. The van der Waals surface area contributed by atoms with Gasteiger partial charge in [0.2, 0.25) is 5.88 Å². The Bertz CT molecular complexity index is 1580. The average Bonchev–Trinajstić information content (AvgIpc) is 3.43. The lowest BCUT2D eigenvalue weighted by atomic mass is 10.0. The first kappa shape index (κ1) is 23.4. The number of hydrogen-bond donors (Lipinski definition) is 3. The van der Waals surface area contributed by atoms with Gasteiger partial charge in [-0.2, -0.15) is 0 Å². The van der Waals surface area contributed by atoms with Gasteiger partial charge in [-0.1, -0.05) is 18.2 Å². The molecular formula is C26H22N8O3. The van der Waals surface area contributed by atoms with Crippen LogP contribution >= 0.6 is 0 Å². The van der Waals surface area contributed by atoms with Crippen molar-refractivity contribution >= 4 is 34.8 Å². The van der Waals surface area contributed by atoms with Crippen LogP contribution in [0, 0.1) is 0 Å². The summed E-state index contributed by atoms with van der Waals surface area (Å²) in [6.07, 6.45) is 5.17. The minimum atomic E-state index is -0.293. The molecule has 0 fully saturated rings. The van der Waals surface area contributed by atoms with Crippen molar-refractivity contribution in [3.63, 3.8) is 0 Å². The zero-order valence-electron chi connectivity index (χ0n) is 20.0. The summed E-state index contributed by atoms with van der Waals surface area (Å²) in [4.78, 5) is 34.6. The lowest BCUT2D eigenvalue weighted by Crippen LogP contribution is -2.19. The number of benzene rings is 2. The number of carbonyl (C=O) groups excluding carboxylic acids is 2. The number of aromatic nitrogens is 5. The lowest BCUT2D eigenvalue weighted by Gasteiger charge is -2.14. The molecule has 3 N–H and O–H groups in total. The summed E-state index contributed by atoms with van der Waals surface area (Å²) in [6, 6.07) is 17.3. The van der Waals surface area contributed by atoms with Crippen LogP contribution in [0.5, 0.6) is 5.88 Å². The predicted octanol–water partition coefficient (Wildman–Crippen LogP) is 3.55.